The molecule has 0 N–H and O–H groups in total. The number of ketones is 1. The van der Waals surface area contributed by atoms with Crippen molar-refractivity contribution < 1.29 is 9.53 Å². The first-order chi connectivity index (χ1) is 9.10. The summed E-state index contributed by atoms with van der Waals surface area (Å²) in [6.07, 6.45) is 3.76. The van der Waals surface area contributed by atoms with Gasteiger partial charge in [-0.15, -0.1) is 0 Å². The van der Waals surface area contributed by atoms with Gasteiger partial charge in [-0.3, -0.25) is 4.79 Å². The monoisotopic (exact) mass is 258 g/mol. The van der Waals surface area contributed by atoms with Crippen LogP contribution in [0, 0.1) is 5.92 Å². The third kappa shape index (κ3) is 3.22. The molecule has 100 valence electrons. The Bertz CT molecular complexity index is 573. The number of pyridine rings is 1. The molecule has 2 aromatic rings. The summed E-state index contributed by atoms with van der Waals surface area (Å²) >= 11 is 0. The van der Waals surface area contributed by atoms with Gasteiger partial charge in [-0.25, -0.2) is 4.98 Å². The summed E-state index contributed by atoms with van der Waals surface area (Å²) in [4.78, 5) is 16.2. The van der Waals surface area contributed by atoms with E-state index in [0.29, 0.717) is 12.4 Å². The second-order valence-corrected chi connectivity index (χ2v) is 4.76. The molecule has 0 bridgehead atoms. The van der Waals surface area contributed by atoms with Crippen LogP contribution in [0.2, 0.25) is 0 Å². The minimum absolute atomic E-state index is 0.0193. The summed E-state index contributed by atoms with van der Waals surface area (Å²) in [5, 5.41) is 0. The highest BCUT2D eigenvalue weighted by molar-refractivity contribution is 5.97. The molecule has 0 saturated carbocycles. The number of hydrogen-bond acceptors (Lipinski definition) is 3. The van der Waals surface area contributed by atoms with Crippen molar-refractivity contribution in [1.29, 1.82) is 0 Å². The Kier molecular flexibility index (Phi) is 4.00. The van der Waals surface area contributed by atoms with E-state index in [2.05, 4.69) is 4.98 Å². The molecule has 0 amide bonds. The van der Waals surface area contributed by atoms with Crippen molar-refractivity contribution in [2.75, 3.05) is 7.11 Å². The summed E-state index contributed by atoms with van der Waals surface area (Å²) in [5.41, 5.74) is 1.65. The number of nitrogens with zero attached hydrogens (tertiary/aromatic N) is 2. The molecule has 0 unspecified atom stereocenters. The van der Waals surface area contributed by atoms with Crippen LogP contribution in [0.3, 0.4) is 0 Å². The van der Waals surface area contributed by atoms with Crippen molar-refractivity contribution in [3.63, 3.8) is 0 Å². The Morgan fingerprint density at radius 2 is 2.16 bits per heavy atom. The van der Waals surface area contributed by atoms with Gasteiger partial charge in [0.15, 0.2) is 5.78 Å². The van der Waals surface area contributed by atoms with E-state index in [0.717, 1.165) is 11.3 Å². The molecular weight excluding hydrogens is 240 g/mol. The summed E-state index contributed by atoms with van der Waals surface area (Å²) in [6, 6.07) is 7.51. The van der Waals surface area contributed by atoms with Crippen LogP contribution in [0.15, 0.2) is 36.7 Å². The Balaban J connectivity index is 2.13. The zero-order valence-corrected chi connectivity index (χ0v) is 11.5. The Morgan fingerprint density at radius 3 is 2.84 bits per heavy atom. The van der Waals surface area contributed by atoms with Crippen LogP contribution in [0.4, 0.5) is 0 Å². The largest absolute Gasteiger partial charge is 0.481 e. The normalized spacial score (nSPS) is 10.7. The van der Waals surface area contributed by atoms with Gasteiger partial charge in [0.1, 0.15) is 0 Å². The van der Waals surface area contributed by atoms with E-state index in [9.17, 15) is 4.79 Å². The van der Waals surface area contributed by atoms with Crippen LogP contribution in [-0.2, 0) is 6.54 Å². The quantitative estimate of drug-likeness (QED) is 0.775. The van der Waals surface area contributed by atoms with E-state index < -0.39 is 0 Å². The number of carbonyl (C=O) groups excluding carboxylic acids is 1. The Hall–Kier alpha value is -2.10. The van der Waals surface area contributed by atoms with Crippen LogP contribution < -0.4 is 4.74 Å². The summed E-state index contributed by atoms with van der Waals surface area (Å²) in [7, 11) is 1.60. The van der Waals surface area contributed by atoms with Crippen LogP contribution in [0.25, 0.3) is 0 Å². The number of hydrogen-bond donors (Lipinski definition) is 0. The molecule has 0 saturated heterocycles. The van der Waals surface area contributed by atoms with Crippen LogP contribution in [-0.4, -0.2) is 22.4 Å². The molecule has 0 aromatic carbocycles. The molecule has 2 rings (SSSR count). The lowest BCUT2D eigenvalue weighted by atomic mass is 10.0. The van der Waals surface area contributed by atoms with E-state index in [1.807, 2.05) is 55.1 Å². The summed E-state index contributed by atoms with van der Waals surface area (Å²) < 4.78 is 7.05. The maximum Gasteiger partial charge on any atom is 0.213 e. The molecule has 0 radical (unpaired) electrons. The van der Waals surface area contributed by atoms with Crippen LogP contribution >= 0.6 is 0 Å². The van der Waals surface area contributed by atoms with Crippen molar-refractivity contribution >= 4 is 5.78 Å². The van der Waals surface area contributed by atoms with Gasteiger partial charge in [-0.2, -0.15) is 0 Å². The van der Waals surface area contributed by atoms with Gasteiger partial charge in [0.2, 0.25) is 5.88 Å². The zero-order valence-electron chi connectivity index (χ0n) is 11.5. The lowest BCUT2D eigenvalue weighted by Crippen LogP contribution is -2.06. The van der Waals surface area contributed by atoms with Gasteiger partial charge in [-0.05, 0) is 12.1 Å². The van der Waals surface area contributed by atoms with Crippen molar-refractivity contribution in [2.45, 2.75) is 20.4 Å². The molecule has 0 fully saturated rings. The van der Waals surface area contributed by atoms with Gasteiger partial charge in [0, 0.05) is 29.9 Å². The minimum Gasteiger partial charge on any atom is -0.481 e. The van der Waals surface area contributed by atoms with E-state index in [1.54, 1.807) is 7.11 Å². The van der Waals surface area contributed by atoms with Gasteiger partial charge in [0.25, 0.3) is 0 Å². The molecule has 4 heteroatoms. The molecule has 0 aliphatic carbocycles. The summed E-state index contributed by atoms with van der Waals surface area (Å²) in [6.45, 7) is 4.44. The van der Waals surface area contributed by atoms with Crippen molar-refractivity contribution in [3.05, 3.63) is 47.9 Å². The first kappa shape index (κ1) is 13.3. The number of ether oxygens (including phenoxy) is 1. The predicted octanol–water partition coefficient (Wildman–Crippen LogP) is 2.78. The van der Waals surface area contributed by atoms with Crippen molar-refractivity contribution in [1.82, 2.24) is 9.55 Å². The second kappa shape index (κ2) is 5.69. The van der Waals surface area contributed by atoms with Crippen LogP contribution in [0.5, 0.6) is 5.88 Å². The fraction of sp³-hybridized carbons (Fsp3) is 0.333. The van der Waals surface area contributed by atoms with Gasteiger partial charge in [-0.1, -0.05) is 19.9 Å². The van der Waals surface area contributed by atoms with Crippen LogP contribution in [0.1, 0.15) is 29.9 Å². The molecule has 0 spiro atoms. The average Bonchev–Trinajstić information content (AvgIpc) is 2.86. The number of rotatable bonds is 5. The standard InChI is InChI=1S/C15H18N2O2/c1-11(2)15(18)12-7-8-17(9-12)10-13-5-4-6-14(16-13)19-3/h4-9,11H,10H2,1-3H3. The smallest absolute Gasteiger partial charge is 0.213 e. The molecule has 0 aliphatic heterocycles. The molecular formula is C15H18N2O2. The first-order valence-electron chi connectivity index (χ1n) is 6.30. The fourth-order valence-corrected chi connectivity index (χ4v) is 1.86. The molecule has 19 heavy (non-hydrogen) atoms. The van der Waals surface area contributed by atoms with Crippen molar-refractivity contribution in [2.24, 2.45) is 5.92 Å². The molecule has 0 atom stereocenters. The molecule has 2 heterocycles. The number of methoxy groups -OCH3 is 1. The SMILES string of the molecule is COc1cccc(Cn2ccc(C(=O)C(C)C)c2)n1. The number of Topliss-reactive ketones (excluding diaryl/α,β-unsaturated/α-hetero) is 1. The highest BCUT2D eigenvalue weighted by atomic mass is 16.5. The number of carbonyl (C=O) groups is 1. The molecule has 2 aromatic heterocycles. The minimum atomic E-state index is 0.0193. The van der Waals surface area contributed by atoms with E-state index in [4.69, 9.17) is 4.74 Å². The third-order valence-electron chi connectivity index (χ3n) is 2.89. The maximum absolute atomic E-state index is 11.9. The number of aromatic nitrogens is 2. The van der Waals surface area contributed by atoms with E-state index >= 15 is 0 Å². The highest BCUT2D eigenvalue weighted by Crippen LogP contribution is 2.12. The highest BCUT2D eigenvalue weighted by Gasteiger charge is 2.11. The van der Waals surface area contributed by atoms with Crippen molar-refractivity contribution in [3.8, 4) is 5.88 Å². The van der Waals surface area contributed by atoms with Gasteiger partial charge < -0.3 is 9.30 Å². The second-order valence-electron chi connectivity index (χ2n) is 4.76. The van der Waals surface area contributed by atoms with Gasteiger partial charge in [0.05, 0.1) is 19.3 Å². The lowest BCUT2D eigenvalue weighted by molar-refractivity contribution is 0.0939. The van der Waals surface area contributed by atoms with E-state index in [-0.39, 0.29) is 11.7 Å². The Labute approximate surface area is 113 Å². The van der Waals surface area contributed by atoms with Gasteiger partial charge >= 0.3 is 0 Å². The van der Waals surface area contributed by atoms with E-state index in [1.165, 1.54) is 0 Å². The zero-order chi connectivity index (χ0) is 13.8. The summed E-state index contributed by atoms with van der Waals surface area (Å²) in [5.74, 6) is 0.784. The average molecular weight is 258 g/mol. The maximum atomic E-state index is 11.9. The molecule has 0 aliphatic rings. The lowest BCUT2D eigenvalue weighted by Gasteiger charge is -2.05. The third-order valence-corrected chi connectivity index (χ3v) is 2.89. The fourth-order valence-electron chi connectivity index (χ4n) is 1.86. The molecule has 4 nitrogen and oxygen atoms in total. The predicted molar refractivity (Wildman–Crippen MR) is 73.5 cm³/mol. The Morgan fingerprint density at radius 1 is 1.37 bits per heavy atom. The first-order valence-corrected chi connectivity index (χ1v) is 6.30. The topological polar surface area (TPSA) is 44.1 Å².